The molecule has 258 valence electrons. The van der Waals surface area contributed by atoms with Crippen molar-refractivity contribution >= 4 is 34.3 Å². The number of aryl methyl sites for hydroxylation is 1. The van der Waals surface area contributed by atoms with Crippen LogP contribution in [0, 0.1) is 18.6 Å². The van der Waals surface area contributed by atoms with Gasteiger partial charge in [-0.2, -0.15) is 0 Å². The van der Waals surface area contributed by atoms with Crippen LogP contribution < -0.4 is 20.1 Å². The third kappa shape index (κ3) is 5.47. The Labute approximate surface area is 283 Å². The topological polar surface area (TPSA) is 97.2 Å². The number of anilines is 2. The van der Waals surface area contributed by atoms with E-state index in [0.29, 0.717) is 16.9 Å². The summed E-state index contributed by atoms with van der Waals surface area (Å²) in [4.78, 5) is 51.3. The molecule has 10 nitrogen and oxygen atoms in total. The van der Waals surface area contributed by atoms with Crippen LogP contribution in [0.4, 0.5) is 25.0 Å². The lowest BCUT2D eigenvalue weighted by Crippen LogP contribution is -2.66. The van der Waals surface area contributed by atoms with Gasteiger partial charge in [0.1, 0.15) is 28.9 Å². The maximum atomic E-state index is 17.4. The molecule has 49 heavy (non-hydrogen) atoms. The maximum absolute atomic E-state index is 17.4. The van der Waals surface area contributed by atoms with Gasteiger partial charge in [-0.1, -0.05) is 32.0 Å². The van der Waals surface area contributed by atoms with Crippen molar-refractivity contribution in [1.29, 1.82) is 0 Å². The number of ether oxygens (including phenoxy) is 2. The molecule has 0 bridgehead atoms. The third-order valence-electron chi connectivity index (χ3n) is 9.21. The monoisotopic (exact) mass is 673 g/mol. The number of nitrogens with zero attached hydrogens (tertiary/aromatic N) is 5. The van der Waals surface area contributed by atoms with E-state index in [4.69, 9.17) is 9.47 Å². The van der Waals surface area contributed by atoms with Crippen LogP contribution in [-0.4, -0.2) is 71.4 Å². The SMILES string of the molecule is COc1ccccc1-c1c(F)cc2c3c(c(=O)n(-c4c(C)ccnc4C(C)C)c2c1F)N(C)C(=O)[C@H]1CN(C(=O)OC(C)(C)C)[C@H](C)CN31. The summed E-state index contributed by atoms with van der Waals surface area (Å²) < 4.78 is 46.3. The molecule has 2 amide bonds. The number of halogens is 2. The van der Waals surface area contributed by atoms with Gasteiger partial charge in [-0.05, 0) is 64.3 Å². The second-order valence-electron chi connectivity index (χ2n) is 14.0. The number of likely N-dealkylation sites (N-methyl/N-ethyl adjacent to an activating group) is 1. The van der Waals surface area contributed by atoms with Crippen LogP contribution >= 0.6 is 0 Å². The maximum Gasteiger partial charge on any atom is 0.410 e. The number of hydrogen-bond donors (Lipinski definition) is 0. The molecule has 0 aliphatic carbocycles. The minimum atomic E-state index is -0.964. The molecule has 0 spiro atoms. The quantitative estimate of drug-likeness (QED) is 0.242. The number of hydrogen-bond acceptors (Lipinski definition) is 7. The van der Waals surface area contributed by atoms with Crippen molar-refractivity contribution in [3.8, 4) is 22.6 Å². The van der Waals surface area contributed by atoms with Crippen molar-refractivity contribution in [2.75, 3.05) is 37.0 Å². The zero-order chi connectivity index (χ0) is 35.7. The molecule has 0 radical (unpaired) electrons. The molecular formula is C37H41F2N5O5. The van der Waals surface area contributed by atoms with E-state index in [-0.39, 0.29) is 58.2 Å². The van der Waals surface area contributed by atoms with Crippen molar-refractivity contribution in [3.63, 3.8) is 0 Å². The van der Waals surface area contributed by atoms with Gasteiger partial charge in [0.05, 0.1) is 41.8 Å². The highest BCUT2D eigenvalue weighted by molar-refractivity contribution is 6.12. The Balaban J connectivity index is 1.71. The molecule has 12 heteroatoms. The van der Waals surface area contributed by atoms with Crippen LogP contribution in [0.15, 0.2) is 47.4 Å². The van der Waals surface area contributed by atoms with E-state index in [9.17, 15) is 14.4 Å². The van der Waals surface area contributed by atoms with Gasteiger partial charge in [-0.25, -0.2) is 13.6 Å². The fraction of sp³-hybridized carbons (Fsp3) is 0.405. The van der Waals surface area contributed by atoms with E-state index in [1.807, 2.05) is 13.8 Å². The Hall–Kier alpha value is -5.00. The number of benzene rings is 2. The highest BCUT2D eigenvalue weighted by Gasteiger charge is 2.47. The summed E-state index contributed by atoms with van der Waals surface area (Å²) in [5.74, 6) is -2.19. The Morgan fingerprint density at radius 2 is 1.73 bits per heavy atom. The van der Waals surface area contributed by atoms with E-state index < -0.39 is 46.9 Å². The number of carbonyl (C=O) groups excluding carboxylic acids is 2. The van der Waals surface area contributed by atoms with Crippen LogP contribution in [0.1, 0.15) is 58.7 Å². The average molecular weight is 674 g/mol. The molecule has 1 saturated heterocycles. The number of fused-ring (bicyclic) bond motifs is 5. The van der Waals surface area contributed by atoms with Gasteiger partial charge in [0, 0.05) is 36.8 Å². The number of methoxy groups -OCH3 is 1. The van der Waals surface area contributed by atoms with Gasteiger partial charge >= 0.3 is 6.09 Å². The Kier molecular flexibility index (Phi) is 8.40. The van der Waals surface area contributed by atoms with Gasteiger partial charge in [0.25, 0.3) is 11.5 Å². The first kappa shape index (κ1) is 33.9. The molecular weight excluding hydrogens is 632 g/mol. The van der Waals surface area contributed by atoms with Crippen molar-refractivity contribution in [2.45, 2.75) is 72.1 Å². The van der Waals surface area contributed by atoms with E-state index in [0.717, 1.165) is 0 Å². The van der Waals surface area contributed by atoms with E-state index in [2.05, 4.69) is 4.98 Å². The number of aromatic nitrogens is 2. The first-order valence-electron chi connectivity index (χ1n) is 16.3. The largest absolute Gasteiger partial charge is 0.496 e. The average Bonchev–Trinajstić information content (AvgIpc) is 3.03. The predicted octanol–water partition coefficient (Wildman–Crippen LogP) is 6.56. The van der Waals surface area contributed by atoms with Gasteiger partial charge in [-0.3, -0.25) is 19.1 Å². The van der Waals surface area contributed by atoms with Crippen LogP contribution in [0.2, 0.25) is 0 Å². The highest BCUT2D eigenvalue weighted by Crippen LogP contribution is 2.46. The van der Waals surface area contributed by atoms with Crippen LogP contribution in [0.25, 0.3) is 27.7 Å². The summed E-state index contributed by atoms with van der Waals surface area (Å²) in [6.07, 6.45) is 1.05. The molecule has 0 N–H and O–H groups in total. The van der Waals surface area contributed by atoms with Crippen LogP contribution in [-0.2, 0) is 9.53 Å². The molecule has 1 fully saturated rings. The molecule has 6 rings (SSSR count). The minimum Gasteiger partial charge on any atom is -0.496 e. The second-order valence-corrected chi connectivity index (χ2v) is 14.0. The number of pyridine rings is 2. The molecule has 0 saturated carbocycles. The molecule has 0 unspecified atom stereocenters. The summed E-state index contributed by atoms with van der Waals surface area (Å²) in [5.41, 5.74) is -0.0208. The van der Waals surface area contributed by atoms with E-state index in [1.165, 1.54) is 34.6 Å². The second kappa shape index (κ2) is 12.2. The predicted molar refractivity (Wildman–Crippen MR) is 185 cm³/mol. The number of amides is 2. The number of piperazine rings is 1. The molecule has 4 aromatic rings. The third-order valence-corrected chi connectivity index (χ3v) is 9.21. The summed E-state index contributed by atoms with van der Waals surface area (Å²) in [6, 6.07) is 8.06. The first-order valence-corrected chi connectivity index (χ1v) is 16.3. The summed E-state index contributed by atoms with van der Waals surface area (Å²) in [5, 5.41) is 0.100. The number of para-hydroxylation sites is 1. The number of rotatable bonds is 4. The molecule has 2 aromatic carbocycles. The van der Waals surface area contributed by atoms with Gasteiger partial charge in [0.2, 0.25) is 0 Å². The van der Waals surface area contributed by atoms with Crippen molar-refractivity contribution in [1.82, 2.24) is 14.5 Å². The molecule has 2 aromatic heterocycles. The summed E-state index contributed by atoms with van der Waals surface area (Å²) in [6.45, 7) is 12.8. The van der Waals surface area contributed by atoms with Gasteiger partial charge < -0.3 is 24.2 Å². The van der Waals surface area contributed by atoms with Crippen LogP contribution in [0.5, 0.6) is 5.75 Å². The Bertz CT molecular complexity index is 2070. The fourth-order valence-corrected chi connectivity index (χ4v) is 6.98. The van der Waals surface area contributed by atoms with E-state index in [1.54, 1.807) is 76.0 Å². The summed E-state index contributed by atoms with van der Waals surface area (Å²) >= 11 is 0. The Morgan fingerprint density at radius 1 is 1.04 bits per heavy atom. The fourth-order valence-electron chi connectivity index (χ4n) is 6.98. The van der Waals surface area contributed by atoms with Gasteiger partial charge in [0.15, 0.2) is 5.82 Å². The first-order chi connectivity index (χ1) is 23.1. The number of carbonyl (C=O) groups is 2. The lowest BCUT2D eigenvalue weighted by atomic mass is 9.95. The Morgan fingerprint density at radius 3 is 2.39 bits per heavy atom. The normalized spacial score (nSPS) is 17.8. The zero-order valence-electron chi connectivity index (χ0n) is 29.2. The van der Waals surface area contributed by atoms with Crippen molar-refractivity contribution < 1.29 is 27.8 Å². The van der Waals surface area contributed by atoms with Crippen LogP contribution in [0.3, 0.4) is 0 Å². The standard InChI is InChI=1S/C37H41F2N5O5/c1-19(2)29-30(20(3)14-15-40-29)44-31-23(16-24(38)27(28(31)39)22-12-10-11-13-26(22)48-9)32-33(35(44)46)41(8)34(45)25-18-42(21(4)17-43(25)32)36(47)49-37(5,6)7/h10-16,19,21,25H,17-18H2,1-9H3/t21-,25-/m1/s1. The molecule has 4 heterocycles. The molecule has 2 aliphatic rings. The van der Waals surface area contributed by atoms with Crippen molar-refractivity contribution in [2.24, 2.45) is 0 Å². The smallest absolute Gasteiger partial charge is 0.410 e. The summed E-state index contributed by atoms with van der Waals surface area (Å²) in [7, 11) is 2.89. The highest BCUT2D eigenvalue weighted by atomic mass is 19.1. The lowest BCUT2D eigenvalue weighted by Gasteiger charge is -2.50. The lowest BCUT2D eigenvalue weighted by molar-refractivity contribution is -0.121. The van der Waals surface area contributed by atoms with Gasteiger partial charge in [-0.15, -0.1) is 0 Å². The minimum absolute atomic E-state index is 0.0199. The van der Waals surface area contributed by atoms with E-state index >= 15 is 8.78 Å². The van der Waals surface area contributed by atoms with Crippen molar-refractivity contribution in [3.05, 3.63) is 75.8 Å². The molecule has 2 atom stereocenters. The molecule has 2 aliphatic heterocycles. The zero-order valence-corrected chi connectivity index (χ0v) is 29.2.